The van der Waals surface area contributed by atoms with Crippen molar-refractivity contribution in [1.29, 1.82) is 0 Å². The van der Waals surface area contributed by atoms with Crippen molar-refractivity contribution in [3.63, 3.8) is 0 Å². The number of benzene rings is 1. The average molecular weight is 308 g/mol. The zero-order chi connectivity index (χ0) is 15.8. The molecule has 0 radical (unpaired) electrons. The number of nitrogens with zero attached hydrogens (tertiary/aromatic N) is 1. The van der Waals surface area contributed by atoms with E-state index in [-0.39, 0.29) is 18.6 Å². The number of carbonyl (C=O) groups excluding carboxylic acids is 1. The van der Waals surface area contributed by atoms with Gasteiger partial charge in [-0.2, -0.15) is 0 Å². The van der Waals surface area contributed by atoms with Crippen molar-refractivity contribution in [2.45, 2.75) is 39.7 Å². The van der Waals surface area contributed by atoms with E-state index in [1.54, 1.807) is 18.2 Å². The van der Waals surface area contributed by atoms with Crippen molar-refractivity contribution < 1.29 is 9.90 Å². The molecule has 1 aromatic rings. The molecule has 0 spiro atoms. The summed E-state index contributed by atoms with van der Waals surface area (Å²) in [5.41, 5.74) is 1.25. The molecule has 1 aromatic carbocycles. The van der Waals surface area contributed by atoms with Crippen molar-refractivity contribution in [3.05, 3.63) is 34.3 Å². The molecule has 114 valence electrons. The fourth-order valence-electron chi connectivity index (χ4n) is 2.00. The molecule has 0 aromatic heterocycles. The lowest BCUT2D eigenvalue weighted by Crippen LogP contribution is -2.38. The Balaban J connectivity index is 2.98. The molecule has 21 heavy (non-hydrogen) atoms. The summed E-state index contributed by atoms with van der Waals surface area (Å²) >= 11 is 6.18. The molecular weight excluding hydrogens is 286 g/mol. The van der Waals surface area contributed by atoms with Gasteiger partial charge in [0, 0.05) is 30.1 Å². The van der Waals surface area contributed by atoms with Crippen LogP contribution in [-0.4, -0.2) is 35.1 Å². The normalized spacial score (nSPS) is 11.5. The van der Waals surface area contributed by atoms with Crippen molar-refractivity contribution >= 4 is 17.5 Å². The summed E-state index contributed by atoms with van der Waals surface area (Å²) in [5, 5.41) is 9.17. The summed E-state index contributed by atoms with van der Waals surface area (Å²) in [6, 6.07) is 5.37. The topological polar surface area (TPSA) is 40.5 Å². The monoisotopic (exact) mass is 307 g/mol. The fourth-order valence-corrected chi connectivity index (χ4v) is 2.23. The number of carbonyl (C=O) groups is 1. The quantitative estimate of drug-likeness (QED) is 0.848. The molecule has 3 nitrogen and oxygen atoms in total. The second-order valence-corrected chi connectivity index (χ2v) is 5.23. The van der Waals surface area contributed by atoms with Crippen molar-refractivity contribution in [1.82, 2.24) is 4.90 Å². The predicted molar refractivity (Wildman–Crippen MR) is 86.5 cm³/mol. The van der Waals surface area contributed by atoms with E-state index < -0.39 is 0 Å². The van der Waals surface area contributed by atoms with Gasteiger partial charge in [0.25, 0.3) is 5.91 Å². The van der Waals surface area contributed by atoms with Crippen LogP contribution >= 0.6 is 11.6 Å². The summed E-state index contributed by atoms with van der Waals surface area (Å²) in [4.78, 5) is 14.3. The Morgan fingerprint density at radius 2 is 2.14 bits per heavy atom. The van der Waals surface area contributed by atoms with Crippen LogP contribution in [0.2, 0.25) is 5.02 Å². The maximum Gasteiger partial charge on any atom is 0.254 e. The van der Waals surface area contributed by atoms with Gasteiger partial charge in [-0.3, -0.25) is 4.79 Å². The molecule has 0 bridgehead atoms. The molecule has 0 heterocycles. The molecule has 0 fully saturated rings. The van der Waals surface area contributed by atoms with Gasteiger partial charge in [-0.05, 0) is 38.5 Å². The van der Waals surface area contributed by atoms with Crippen LogP contribution in [0.5, 0.6) is 0 Å². The Morgan fingerprint density at radius 1 is 1.43 bits per heavy atom. The Labute approximate surface area is 131 Å². The average Bonchev–Trinajstić information content (AvgIpc) is 2.49. The van der Waals surface area contributed by atoms with Gasteiger partial charge in [0.1, 0.15) is 0 Å². The molecule has 1 N–H and O–H groups in total. The molecule has 0 aliphatic heterocycles. The Morgan fingerprint density at radius 3 is 2.67 bits per heavy atom. The van der Waals surface area contributed by atoms with Crippen molar-refractivity contribution in [2.75, 3.05) is 13.2 Å². The van der Waals surface area contributed by atoms with E-state index in [2.05, 4.69) is 18.8 Å². The number of amides is 1. The van der Waals surface area contributed by atoms with Crippen LogP contribution in [0.15, 0.2) is 18.2 Å². The lowest BCUT2D eigenvalue weighted by molar-refractivity contribution is 0.0700. The summed E-state index contributed by atoms with van der Waals surface area (Å²) in [6.45, 7) is 6.77. The van der Waals surface area contributed by atoms with Gasteiger partial charge < -0.3 is 10.0 Å². The molecule has 0 saturated carbocycles. The Hall–Kier alpha value is -1.50. The van der Waals surface area contributed by atoms with Gasteiger partial charge in [0.2, 0.25) is 0 Å². The second-order valence-electron chi connectivity index (χ2n) is 4.82. The van der Waals surface area contributed by atoms with E-state index >= 15 is 0 Å². The summed E-state index contributed by atoms with van der Waals surface area (Å²) < 4.78 is 0. The Kier molecular flexibility index (Phi) is 7.28. The van der Waals surface area contributed by atoms with Gasteiger partial charge in [-0.1, -0.05) is 30.4 Å². The van der Waals surface area contributed by atoms with E-state index in [4.69, 9.17) is 16.7 Å². The highest BCUT2D eigenvalue weighted by Gasteiger charge is 2.19. The van der Waals surface area contributed by atoms with Crippen LogP contribution in [0.25, 0.3) is 0 Å². The van der Waals surface area contributed by atoms with Gasteiger partial charge in [0.05, 0.1) is 11.6 Å². The smallest absolute Gasteiger partial charge is 0.254 e. The molecular formula is C17H22ClNO2. The standard InChI is InChI=1S/C17H22ClNO2/c1-4-13(3)19(5-2)17(21)15-10-9-14(16(18)12-15)8-6-7-11-20/h9-10,12-13,20H,4-5,7,11H2,1-3H3. The van der Waals surface area contributed by atoms with Crippen LogP contribution < -0.4 is 0 Å². The zero-order valence-corrected chi connectivity index (χ0v) is 13.6. The van der Waals surface area contributed by atoms with Crippen LogP contribution in [-0.2, 0) is 0 Å². The predicted octanol–water partition coefficient (Wildman–Crippen LogP) is 3.33. The third kappa shape index (κ3) is 4.77. The van der Waals surface area contributed by atoms with Crippen LogP contribution in [0, 0.1) is 11.8 Å². The third-order valence-corrected chi connectivity index (χ3v) is 3.71. The number of halogens is 1. The highest BCUT2D eigenvalue weighted by molar-refractivity contribution is 6.32. The lowest BCUT2D eigenvalue weighted by Gasteiger charge is -2.27. The summed E-state index contributed by atoms with van der Waals surface area (Å²) in [7, 11) is 0. The minimum Gasteiger partial charge on any atom is -0.395 e. The van der Waals surface area contributed by atoms with Crippen molar-refractivity contribution in [2.24, 2.45) is 0 Å². The summed E-state index contributed by atoms with van der Waals surface area (Å²) in [5.74, 6) is 5.70. The molecule has 0 aliphatic carbocycles. The highest BCUT2D eigenvalue weighted by atomic mass is 35.5. The molecule has 1 unspecified atom stereocenters. The first-order chi connectivity index (χ1) is 10.0. The van der Waals surface area contributed by atoms with E-state index in [1.165, 1.54) is 0 Å². The minimum atomic E-state index is -0.0105. The van der Waals surface area contributed by atoms with E-state index in [9.17, 15) is 4.79 Å². The molecule has 0 aliphatic rings. The SMILES string of the molecule is CCC(C)N(CC)C(=O)c1ccc(C#CCCO)c(Cl)c1. The maximum atomic E-state index is 12.5. The number of aliphatic hydroxyl groups is 1. The van der Waals surface area contributed by atoms with Gasteiger partial charge in [-0.15, -0.1) is 0 Å². The van der Waals surface area contributed by atoms with E-state index in [0.29, 0.717) is 29.1 Å². The molecule has 1 amide bonds. The lowest BCUT2D eigenvalue weighted by atomic mass is 10.1. The maximum absolute atomic E-state index is 12.5. The minimum absolute atomic E-state index is 0.0105. The first-order valence-electron chi connectivity index (χ1n) is 7.25. The first kappa shape index (κ1) is 17.6. The van der Waals surface area contributed by atoms with Crippen LogP contribution in [0.4, 0.5) is 0 Å². The number of aliphatic hydroxyl groups excluding tert-OH is 1. The van der Waals surface area contributed by atoms with E-state index in [0.717, 1.165) is 6.42 Å². The molecule has 1 atom stereocenters. The number of rotatable bonds is 5. The summed E-state index contributed by atoms with van der Waals surface area (Å²) in [6.07, 6.45) is 1.33. The first-order valence-corrected chi connectivity index (χ1v) is 7.63. The largest absolute Gasteiger partial charge is 0.395 e. The van der Waals surface area contributed by atoms with Gasteiger partial charge in [0.15, 0.2) is 0 Å². The number of hydrogen-bond donors (Lipinski definition) is 1. The fraction of sp³-hybridized carbons (Fsp3) is 0.471. The Bertz CT molecular complexity index is 545. The van der Waals surface area contributed by atoms with Crippen LogP contribution in [0.3, 0.4) is 0 Å². The van der Waals surface area contributed by atoms with Gasteiger partial charge >= 0.3 is 0 Å². The molecule has 4 heteroatoms. The highest BCUT2D eigenvalue weighted by Crippen LogP contribution is 2.19. The third-order valence-electron chi connectivity index (χ3n) is 3.40. The second kappa shape index (κ2) is 8.71. The van der Waals surface area contributed by atoms with Crippen LogP contribution in [0.1, 0.15) is 49.5 Å². The molecule has 1 rings (SSSR count). The number of hydrogen-bond acceptors (Lipinski definition) is 2. The zero-order valence-electron chi connectivity index (χ0n) is 12.8. The van der Waals surface area contributed by atoms with Gasteiger partial charge in [-0.25, -0.2) is 0 Å². The van der Waals surface area contributed by atoms with E-state index in [1.807, 2.05) is 18.7 Å². The molecule has 0 saturated heterocycles. The van der Waals surface area contributed by atoms with Crippen molar-refractivity contribution in [3.8, 4) is 11.8 Å².